The predicted octanol–water partition coefficient (Wildman–Crippen LogP) is -0.274. The number of H-pyrrole nitrogens is 1. The Hall–Kier alpha value is -4.10. The van der Waals surface area contributed by atoms with Crippen molar-refractivity contribution >= 4 is 75.4 Å². The predicted molar refractivity (Wildman–Crippen MR) is 133 cm³/mol. The van der Waals surface area contributed by atoms with Gasteiger partial charge in [0.05, 0.1) is 0 Å². The molecule has 1 unspecified atom stereocenters. The number of imidazole rings is 1. The van der Waals surface area contributed by atoms with Crippen LogP contribution in [-0.4, -0.2) is 101 Å². The van der Waals surface area contributed by atoms with Crippen LogP contribution in [0.15, 0.2) is 27.0 Å². The number of nitrogens with one attached hydrogen (secondary N) is 2. The van der Waals surface area contributed by atoms with E-state index >= 15 is 0 Å². The van der Waals surface area contributed by atoms with Crippen molar-refractivity contribution in [1.82, 2.24) is 25.2 Å². The minimum atomic E-state index is -1.54. The number of thioether (sulfide) groups is 2. The Bertz CT molecular complexity index is 1380. The van der Waals surface area contributed by atoms with Crippen molar-refractivity contribution in [3.8, 4) is 0 Å². The van der Waals surface area contributed by atoms with E-state index in [1.807, 2.05) is 0 Å². The lowest BCUT2D eigenvalue weighted by atomic mass is 10.0. The number of oxime groups is 1. The molecule has 1 fully saturated rings. The number of carboxylic acid groups (broad SMARTS) is 3. The molecular weight excluding hydrogens is 566 g/mol. The minimum Gasteiger partial charge on any atom is -0.477 e. The van der Waals surface area contributed by atoms with Crippen LogP contribution in [0.1, 0.15) is 26.7 Å². The van der Waals surface area contributed by atoms with Gasteiger partial charge in [0.2, 0.25) is 0 Å². The van der Waals surface area contributed by atoms with E-state index in [4.69, 9.17) is 20.8 Å². The highest BCUT2D eigenvalue weighted by molar-refractivity contribution is 8.01. The van der Waals surface area contributed by atoms with Gasteiger partial charge in [-0.25, -0.2) is 24.4 Å². The molecule has 2 aliphatic rings. The number of thiazole rings is 1. The van der Waals surface area contributed by atoms with Crippen molar-refractivity contribution in [3.63, 3.8) is 0 Å². The third-order valence-electron chi connectivity index (χ3n) is 5.18. The number of aromatic amines is 1. The number of nitrogens with zero attached hydrogens (tertiary/aromatic N) is 4. The number of nitrogens with two attached hydrogens (primary N) is 1. The summed E-state index contributed by atoms with van der Waals surface area (Å²) in [4.78, 5) is 76.2. The SMILES string of the molecule is CON=C(C(=O)NC1C(=O)N2C(C(=O)O)=C(CSc3nc(C(=O)O)c(C(=O)O)[nH]3)CS[C@@H]12)c1csc(N)n1. The Morgan fingerprint density at radius 1 is 1.26 bits per heavy atom. The van der Waals surface area contributed by atoms with E-state index in [-0.39, 0.29) is 38.9 Å². The maximum atomic E-state index is 12.9. The zero-order valence-electron chi connectivity index (χ0n) is 19.0. The van der Waals surface area contributed by atoms with E-state index in [2.05, 4.69) is 25.4 Å². The van der Waals surface area contributed by atoms with E-state index in [1.165, 1.54) is 24.3 Å². The summed E-state index contributed by atoms with van der Waals surface area (Å²) in [7, 11) is 1.23. The summed E-state index contributed by atoms with van der Waals surface area (Å²) in [6.07, 6.45) is 0. The molecule has 0 spiro atoms. The first-order chi connectivity index (χ1) is 18.0. The summed E-state index contributed by atoms with van der Waals surface area (Å²) in [6.45, 7) is 0. The summed E-state index contributed by atoms with van der Waals surface area (Å²) in [5.74, 6) is -5.72. The molecule has 4 heterocycles. The number of carboxylic acids is 3. The number of β-lactam (4-membered cyclic amide) rings is 1. The number of carbonyl (C=O) groups excluding carboxylic acids is 2. The lowest BCUT2D eigenvalue weighted by Crippen LogP contribution is -2.71. The molecule has 2 amide bonds. The Morgan fingerprint density at radius 3 is 2.55 bits per heavy atom. The highest BCUT2D eigenvalue weighted by Gasteiger charge is 2.54. The van der Waals surface area contributed by atoms with Gasteiger partial charge in [-0.1, -0.05) is 16.9 Å². The molecule has 0 aliphatic carbocycles. The maximum absolute atomic E-state index is 12.9. The van der Waals surface area contributed by atoms with Crippen LogP contribution in [0.2, 0.25) is 0 Å². The molecule has 2 aliphatic heterocycles. The monoisotopic (exact) mass is 583 g/mol. The van der Waals surface area contributed by atoms with Gasteiger partial charge in [0.25, 0.3) is 11.8 Å². The fraction of sp³-hybridized carbons (Fsp3) is 0.263. The van der Waals surface area contributed by atoms with Crippen molar-refractivity contribution in [2.24, 2.45) is 5.16 Å². The van der Waals surface area contributed by atoms with Gasteiger partial charge in [-0.3, -0.25) is 14.5 Å². The third-order valence-corrected chi connectivity index (χ3v) is 8.15. The van der Waals surface area contributed by atoms with E-state index in [0.717, 1.165) is 28.0 Å². The summed E-state index contributed by atoms with van der Waals surface area (Å²) >= 11 is 3.17. The summed E-state index contributed by atoms with van der Waals surface area (Å²) in [5.41, 5.74) is 4.30. The Kier molecular flexibility index (Phi) is 7.60. The number of anilines is 1. The number of hydrogen-bond acceptors (Lipinski definition) is 13. The van der Waals surface area contributed by atoms with Gasteiger partial charge in [-0.2, -0.15) is 0 Å². The van der Waals surface area contributed by atoms with Crippen LogP contribution in [0, 0.1) is 0 Å². The Balaban J connectivity index is 1.50. The van der Waals surface area contributed by atoms with Gasteiger partial charge < -0.3 is 36.2 Å². The molecule has 2 aromatic heterocycles. The number of fused-ring (bicyclic) bond motifs is 1. The molecule has 19 heteroatoms. The fourth-order valence-electron chi connectivity index (χ4n) is 3.58. The number of aliphatic carboxylic acids is 1. The average Bonchev–Trinajstić information content (AvgIpc) is 3.50. The zero-order valence-corrected chi connectivity index (χ0v) is 21.5. The van der Waals surface area contributed by atoms with Crippen molar-refractivity contribution in [2.45, 2.75) is 16.6 Å². The molecule has 1 saturated heterocycles. The molecule has 2 aromatic rings. The highest BCUT2D eigenvalue weighted by atomic mass is 32.2. The van der Waals surface area contributed by atoms with Crippen molar-refractivity contribution in [3.05, 3.63) is 33.7 Å². The van der Waals surface area contributed by atoms with Crippen molar-refractivity contribution in [2.75, 3.05) is 24.3 Å². The first-order valence-corrected chi connectivity index (χ1v) is 13.2. The van der Waals surface area contributed by atoms with Gasteiger partial charge in [0, 0.05) is 16.9 Å². The summed E-state index contributed by atoms with van der Waals surface area (Å²) in [5, 5.41) is 35.2. The van der Waals surface area contributed by atoms with Crippen LogP contribution in [-0.2, 0) is 19.2 Å². The van der Waals surface area contributed by atoms with Gasteiger partial charge in [0.15, 0.2) is 27.4 Å². The molecule has 38 heavy (non-hydrogen) atoms. The van der Waals surface area contributed by atoms with Gasteiger partial charge in [-0.15, -0.1) is 23.1 Å². The first-order valence-electron chi connectivity index (χ1n) is 10.3. The number of hydrogen-bond donors (Lipinski definition) is 6. The smallest absolute Gasteiger partial charge is 0.357 e. The molecule has 0 aromatic carbocycles. The number of aromatic carboxylic acids is 2. The molecule has 16 nitrogen and oxygen atoms in total. The molecule has 0 saturated carbocycles. The van der Waals surface area contributed by atoms with Crippen LogP contribution < -0.4 is 11.1 Å². The van der Waals surface area contributed by atoms with Crippen LogP contribution in [0.3, 0.4) is 0 Å². The minimum absolute atomic E-state index is 0.0241. The normalized spacial score (nSPS) is 19.0. The van der Waals surface area contributed by atoms with Gasteiger partial charge >= 0.3 is 17.9 Å². The van der Waals surface area contributed by atoms with E-state index in [0.29, 0.717) is 5.57 Å². The van der Waals surface area contributed by atoms with Crippen molar-refractivity contribution in [1.29, 1.82) is 0 Å². The standard InChI is InChI=1S/C19H17N7O9S3/c1-35-25-7(6-4-37-18(20)21-6)12(27)22-10-13(28)26-11(17(33)34)5(2-36-14(10)26)3-38-19-23-8(15(29)30)9(24-19)16(31)32/h4,10,14H,2-3H2,1H3,(H2,20,21)(H,22,27)(H,23,24)(H,29,30)(H,31,32)(H,33,34)/t10?,14-/m0/s1. The molecule has 2 atom stereocenters. The van der Waals surface area contributed by atoms with Gasteiger partial charge in [0.1, 0.15) is 29.9 Å². The van der Waals surface area contributed by atoms with E-state index in [9.17, 15) is 29.1 Å². The van der Waals surface area contributed by atoms with Crippen LogP contribution in [0.25, 0.3) is 0 Å². The molecule has 0 bridgehead atoms. The maximum Gasteiger partial charge on any atom is 0.357 e. The zero-order chi connectivity index (χ0) is 27.7. The van der Waals surface area contributed by atoms with Crippen molar-refractivity contribution < 1.29 is 44.1 Å². The second-order valence-corrected chi connectivity index (χ2v) is 10.4. The number of amides is 2. The topological polar surface area (TPSA) is 250 Å². The van der Waals surface area contributed by atoms with E-state index in [1.54, 1.807) is 0 Å². The molecule has 4 rings (SSSR count). The number of aromatic nitrogens is 3. The second-order valence-electron chi connectivity index (χ2n) is 7.48. The largest absolute Gasteiger partial charge is 0.477 e. The Morgan fingerprint density at radius 2 is 2.00 bits per heavy atom. The number of carbonyl (C=O) groups is 5. The third kappa shape index (κ3) is 5.02. The van der Waals surface area contributed by atoms with Crippen LogP contribution >= 0.6 is 34.9 Å². The first kappa shape index (κ1) is 26.9. The number of rotatable bonds is 10. The Labute approximate surface area is 224 Å². The van der Waals surface area contributed by atoms with Crippen LogP contribution in [0.4, 0.5) is 5.13 Å². The summed E-state index contributed by atoms with van der Waals surface area (Å²) in [6, 6.07) is -1.05. The summed E-state index contributed by atoms with van der Waals surface area (Å²) < 4.78 is 0. The second kappa shape index (κ2) is 10.7. The van der Waals surface area contributed by atoms with E-state index < -0.39 is 52.5 Å². The average molecular weight is 584 g/mol. The lowest BCUT2D eigenvalue weighted by Gasteiger charge is -2.49. The van der Waals surface area contributed by atoms with Crippen LogP contribution in [0.5, 0.6) is 0 Å². The molecule has 200 valence electrons. The van der Waals surface area contributed by atoms with Gasteiger partial charge in [-0.05, 0) is 5.57 Å². The highest BCUT2D eigenvalue weighted by Crippen LogP contribution is 2.41. The molecule has 0 radical (unpaired) electrons. The quantitative estimate of drug-likeness (QED) is 0.0911. The molecular formula is C19H17N7O9S3. The molecule has 7 N–H and O–H groups in total. The lowest BCUT2D eigenvalue weighted by molar-refractivity contribution is -0.150. The number of nitrogen functional groups attached to an aromatic ring is 1. The fourth-order valence-corrected chi connectivity index (χ4v) is 6.48.